The predicted octanol–water partition coefficient (Wildman–Crippen LogP) is 3.58. The zero-order chi connectivity index (χ0) is 24.5. The Kier molecular flexibility index (Phi) is 23.9. The maximum Gasteiger partial charge on any atom is 0.119 e. The third-order valence-electron chi connectivity index (χ3n) is 5.66. The molecule has 0 aromatic carbocycles. The van der Waals surface area contributed by atoms with Crippen LogP contribution in [0.25, 0.3) is 0 Å². The van der Waals surface area contributed by atoms with Crippen molar-refractivity contribution in [3.8, 4) is 0 Å². The van der Waals surface area contributed by atoms with Crippen molar-refractivity contribution >= 4 is 5.97 Å². The highest BCUT2D eigenvalue weighted by molar-refractivity contribution is 5.65. The van der Waals surface area contributed by atoms with E-state index < -0.39 is 5.97 Å². The molecule has 0 rings (SSSR count). The van der Waals surface area contributed by atoms with Crippen LogP contribution in [0.4, 0.5) is 0 Å². The first-order valence-corrected chi connectivity index (χ1v) is 13.3. The smallest absolute Gasteiger partial charge is 0.119 e. The number of aliphatic carboxylic acids is 1. The highest BCUT2D eigenvalue weighted by atomic mass is 16.6. The van der Waals surface area contributed by atoms with Crippen LogP contribution in [0.5, 0.6) is 0 Å². The van der Waals surface area contributed by atoms with Crippen LogP contribution in [-0.4, -0.2) is 90.5 Å². The second-order valence-electron chi connectivity index (χ2n) is 9.53. The number of carbonyl (C=O) groups is 1. The minimum Gasteiger partial charge on any atom is -0.544 e. The minimum atomic E-state index is -1.04. The molecular weight excluding hydrogens is 422 g/mol. The van der Waals surface area contributed by atoms with Crippen molar-refractivity contribution in [2.24, 2.45) is 0 Å². The van der Waals surface area contributed by atoms with Crippen molar-refractivity contribution in [1.29, 1.82) is 0 Å². The Labute approximate surface area is 203 Å². The fourth-order valence-electron chi connectivity index (χ4n) is 3.55. The van der Waals surface area contributed by atoms with Gasteiger partial charge in [0.15, 0.2) is 0 Å². The molecule has 0 aromatic rings. The average Bonchev–Trinajstić information content (AvgIpc) is 2.75. The van der Waals surface area contributed by atoms with E-state index in [1.165, 1.54) is 70.6 Å². The molecule has 0 radical (unpaired) electrons. The van der Waals surface area contributed by atoms with Gasteiger partial charge in [-0.3, -0.25) is 0 Å². The third kappa shape index (κ3) is 27.4. The molecule has 0 aromatic heterocycles. The zero-order valence-electron chi connectivity index (χ0n) is 22.0. The molecule has 7 nitrogen and oxygen atoms in total. The lowest BCUT2D eigenvalue weighted by Crippen LogP contribution is -2.49. The second-order valence-corrected chi connectivity index (χ2v) is 9.53. The first kappa shape index (κ1) is 32.3. The average molecular weight is 476 g/mol. The summed E-state index contributed by atoms with van der Waals surface area (Å²) in [6.45, 7) is 7.53. The van der Waals surface area contributed by atoms with Crippen LogP contribution in [-0.2, 0) is 23.7 Å². The highest BCUT2D eigenvalue weighted by Gasteiger charge is 2.14. The van der Waals surface area contributed by atoms with Crippen LogP contribution in [0.15, 0.2) is 0 Å². The van der Waals surface area contributed by atoms with E-state index in [9.17, 15) is 9.90 Å². The standard InChI is InChI=1S/C26H53NO6/c1-4-5-6-7-8-9-10-11-12-13-14-15-17-30-19-21-32-23-24-33-22-20-31-18-16-27(2,3)25-26(28)29/h4-25H2,1-3H3. The number of carbonyl (C=O) groups excluding carboxylic acids is 1. The van der Waals surface area contributed by atoms with Gasteiger partial charge in [-0.15, -0.1) is 0 Å². The number of hydrogen-bond acceptors (Lipinski definition) is 6. The van der Waals surface area contributed by atoms with Gasteiger partial charge in [0.05, 0.1) is 66.3 Å². The fraction of sp³-hybridized carbons (Fsp3) is 0.962. The normalized spacial score (nSPS) is 11.8. The van der Waals surface area contributed by atoms with Gasteiger partial charge >= 0.3 is 0 Å². The molecule has 0 aliphatic carbocycles. The van der Waals surface area contributed by atoms with Crippen LogP contribution in [0, 0.1) is 0 Å². The van der Waals surface area contributed by atoms with E-state index in [4.69, 9.17) is 18.9 Å². The summed E-state index contributed by atoms with van der Waals surface area (Å²) in [6.07, 6.45) is 16.3. The van der Waals surface area contributed by atoms with E-state index in [-0.39, 0.29) is 6.54 Å². The molecule has 0 saturated heterocycles. The number of hydrogen-bond donors (Lipinski definition) is 0. The first-order valence-electron chi connectivity index (χ1n) is 13.3. The summed E-state index contributed by atoms with van der Waals surface area (Å²) >= 11 is 0. The monoisotopic (exact) mass is 475 g/mol. The van der Waals surface area contributed by atoms with Gasteiger partial charge in [0.25, 0.3) is 0 Å². The number of quaternary nitrogens is 1. The SMILES string of the molecule is CCCCCCCCCCCCCCOCCOCCOCCOCC[N+](C)(C)CC(=O)[O-]. The largest absolute Gasteiger partial charge is 0.544 e. The maximum absolute atomic E-state index is 10.6. The number of rotatable bonds is 27. The van der Waals surface area contributed by atoms with Gasteiger partial charge in [-0.1, -0.05) is 77.6 Å². The molecule has 198 valence electrons. The van der Waals surface area contributed by atoms with Gasteiger partial charge in [0, 0.05) is 6.61 Å². The summed E-state index contributed by atoms with van der Waals surface area (Å²) in [5.74, 6) is -1.04. The summed E-state index contributed by atoms with van der Waals surface area (Å²) in [5.41, 5.74) is 0. The molecule has 0 N–H and O–H groups in total. The van der Waals surface area contributed by atoms with E-state index in [2.05, 4.69) is 6.92 Å². The number of nitrogens with zero attached hydrogens (tertiary/aromatic N) is 1. The van der Waals surface area contributed by atoms with Gasteiger partial charge in [-0.25, -0.2) is 0 Å². The third-order valence-corrected chi connectivity index (χ3v) is 5.66. The Hall–Kier alpha value is -0.730. The van der Waals surface area contributed by atoms with Crippen molar-refractivity contribution in [2.75, 3.05) is 80.0 Å². The highest BCUT2D eigenvalue weighted by Crippen LogP contribution is 2.11. The van der Waals surface area contributed by atoms with E-state index >= 15 is 0 Å². The first-order chi connectivity index (χ1) is 16.0. The van der Waals surface area contributed by atoms with E-state index in [1.54, 1.807) is 0 Å². The van der Waals surface area contributed by atoms with Crippen LogP contribution in [0.2, 0.25) is 0 Å². The molecule has 0 heterocycles. The van der Waals surface area contributed by atoms with Crippen molar-refractivity contribution in [2.45, 2.75) is 84.0 Å². The van der Waals surface area contributed by atoms with Crippen LogP contribution >= 0.6 is 0 Å². The number of unbranched alkanes of at least 4 members (excludes halogenated alkanes) is 11. The molecule has 0 spiro atoms. The Morgan fingerprint density at radius 2 is 0.939 bits per heavy atom. The Morgan fingerprint density at radius 1 is 0.576 bits per heavy atom. The summed E-state index contributed by atoms with van der Waals surface area (Å²) in [4.78, 5) is 10.6. The van der Waals surface area contributed by atoms with Crippen molar-refractivity contribution in [3.63, 3.8) is 0 Å². The lowest BCUT2D eigenvalue weighted by molar-refractivity contribution is -0.885. The summed E-state index contributed by atoms with van der Waals surface area (Å²) in [6, 6.07) is 0. The van der Waals surface area contributed by atoms with E-state index in [1.807, 2.05) is 14.1 Å². The molecule has 0 aliphatic heterocycles. The van der Waals surface area contributed by atoms with Crippen molar-refractivity contribution in [3.05, 3.63) is 0 Å². The van der Waals surface area contributed by atoms with Gasteiger partial charge in [-0.05, 0) is 6.42 Å². The Bertz CT molecular complexity index is 420. The fourth-order valence-corrected chi connectivity index (χ4v) is 3.55. The quantitative estimate of drug-likeness (QED) is 0.133. The van der Waals surface area contributed by atoms with Crippen LogP contribution in [0.3, 0.4) is 0 Å². The lowest BCUT2D eigenvalue weighted by Gasteiger charge is -2.29. The minimum absolute atomic E-state index is 0.0136. The summed E-state index contributed by atoms with van der Waals surface area (Å²) in [7, 11) is 3.69. The summed E-state index contributed by atoms with van der Waals surface area (Å²) in [5, 5.41) is 10.6. The molecule has 0 fully saturated rings. The molecule has 0 saturated carbocycles. The number of ether oxygens (including phenoxy) is 4. The van der Waals surface area contributed by atoms with Gasteiger partial charge in [0.1, 0.15) is 13.1 Å². The van der Waals surface area contributed by atoms with Crippen LogP contribution in [0.1, 0.15) is 84.0 Å². The lowest BCUT2D eigenvalue weighted by atomic mass is 10.1. The van der Waals surface area contributed by atoms with Gasteiger partial charge in [0.2, 0.25) is 0 Å². The van der Waals surface area contributed by atoms with Gasteiger partial charge in [-0.2, -0.15) is 0 Å². The molecule has 0 unspecified atom stereocenters. The molecule has 0 bridgehead atoms. The van der Waals surface area contributed by atoms with Gasteiger partial charge < -0.3 is 33.3 Å². The molecule has 0 atom stereocenters. The number of carboxylic acid groups (broad SMARTS) is 1. The Morgan fingerprint density at radius 3 is 1.36 bits per heavy atom. The molecule has 0 aliphatic rings. The molecule has 0 amide bonds. The van der Waals surface area contributed by atoms with Crippen molar-refractivity contribution in [1.82, 2.24) is 0 Å². The predicted molar refractivity (Wildman–Crippen MR) is 131 cm³/mol. The molecule has 33 heavy (non-hydrogen) atoms. The van der Waals surface area contributed by atoms with E-state index in [0.29, 0.717) is 57.3 Å². The Balaban J connectivity index is 3.12. The second kappa shape index (κ2) is 24.4. The van der Waals surface area contributed by atoms with Crippen LogP contribution < -0.4 is 5.11 Å². The maximum atomic E-state index is 10.6. The molecule has 7 heteroatoms. The summed E-state index contributed by atoms with van der Waals surface area (Å²) < 4.78 is 22.4. The van der Waals surface area contributed by atoms with Crippen molar-refractivity contribution < 1.29 is 33.3 Å². The number of carboxylic acids is 1. The van der Waals surface area contributed by atoms with E-state index in [0.717, 1.165) is 13.0 Å². The molecular formula is C26H53NO6. The topological polar surface area (TPSA) is 77.0 Å². The number of likely N-dealkylation sites (N-methyl/N-ethyl adjacent to an activating group) is 1. The zero-order valence-corrected chi connectivity index (χ0v) is 22.0.